The Hall–Kier alpha value is -2.04. The van der Waals surface area contributed by atoms with Crippen LogP contribution in [-0.4, -0.2) is 42.4 Å². The summed E-state index contributed by atoms with van der Waals surface area (Å²) in [6, 6.07) is 16.2. The number of aliphatic hydroxyl groups is 1. The molecule has 0 heterocycles. The van der Waals surface area contributed by atoms with Gasteiger partial charge in [-0.15, -0.1) is 0 Å². The Labute approximate surface area is 151 Å². The van der Waals surface area contributed by atoms with Crippen LogP contribution in [-0.2, 0) is 6.54 Å². The van der Waals surface area contributed by atoms with Crippen LogP contribution in [0.15, 0.2) is 48.5 Å². The maximum atomic E-state index is 10.4. The molecule has 0 saturated carbocycles. The Bertz CT molecular complexity index is 640. The number of nitrogens with zero attached hydrogens (tertiary/aromatic N) is 1. The first-order valence-corrected chi connectivity index (χ1v) is 8.72. The van der Waals surface area contributed by atoms with Crippen LogP contribution in [0.1, 0.15) is 25.0 Å². The molecule has 0 aliphatic heterocycles. The first kappa shape index (κ1) is 19.3. The zero-order valence-electron chi connectivity index (χ0n) is 15.6. The van der Waals surface area contributed by atoms with Crippen molar-refractivity contribution in [2.75, 3.05) is 20.3 Å². The molecule has 0 aliphatic rings. The van der Waals surface area contributed by atoms with Gasteiger partial charge in [-0.05, 0) is 50.6 Å². The average molecular weight is 343 g/mol. The molecule has 0 amide bonds. The monoisotopic (exact) mass is 343 g/mol. The highest BCUT2D eigenvalue weighted by molar-refractivity contribution is 5.31. The van der Waals surface area contributed by atoms with E-state index in [2.05, 4.69) is 49.9 Å². The van der Waals surface area contributed by atoms with E-state index in [0.717, 1.165) is 18.0 Å². The van der Waals surface area contributed by atoms with E-state index in [0.29, 0.717) is 12.6 Å². The van der Waals surface area contributed by atoms with E-state index in [1.165, 1.54) is 11.1 Å². The van der Waals surface area contributed by atoms with Gasteiger partial charge in [0.1, 0.15) is 24.2 Å². The summed E-state index contributed by atoms with van der Waals surface area (Å²) in [5.74, 6) is 1.52. The molecule has 2 rings (SSSR count). The lowest BCUT2D eigenvalue weighted by molar-refractivity contribution is 0.0543. The minimum absolute atomic E-state index is 0.267. The number of methoxy groups -OCH3 is 1. The maximum Gasteiger partial charge on any atom is 0.119 e. The van der Waals surface area contributed by atoms with E-state index in [1.54, 1.807) is 7.11 Å². The number of hydrogen-bond acceptors (Lipinski definition) is 4. The largest absolute Gasteiger partial charge is 0.497 e. The highest BCUT2D eigenvalue weighted by Crippen LogP contribution is 2.17. The number of benzene rings is 2. The van der Waals surface area contributed by atoms with Gasteiger partial charge in [0.25, 0.3) is 0 Å². The smallest absolute Gasteiger partial charge is 0.119 e. The van der Waals surface area contributed by atoms with E-state index in [-0.39, 0.29) is 6.61 Å². The van der Waals surface area contributed by atoms with Gasteiger partial charge >= 0.3 is 0 Å². The van der Waals surface area contributed by atoms with E-state index in [9.17, 15) is 5.11 Å². The van der Waals surface area contributed by atoms with Crippen LogP contribution in [0, 0.1) is 6.92 Å². The number of aryl methyl sites for hydroxylation is 1. The van der Waals surface area contributed by atoms with E-state index in [1.807, 2.05) is 24.3 Å². The van der Waals surface area contributed by atoms with Crippen LogP contribution in [0.2, 0.25) is 0 Å². The first-order valence-electron chi connectivity index (χ1n) is 8.72. The Kier molecular flexibility index (Phi) is 7.29. The molecular formula is C21H29NO3. The summed E-state index contributed by atoms with van der Waals surface area (Å²) in [6.07, 6.45) is -0.547. The van der Waals surface area contributed by atoms with Crippen LogP contribution >= 0.6 is 0 Å². The highest BCUT2D eigenvalue weighted by atomic mass is 16.5. The van der Waals surface area contributed by atoms with Crippen LogP contribution < -0.4 is 9.47 Å². The minimum Gasteiger partial charge on any atom is -0.497 e. The Morgan fingerprint density at radius 1 is 1.04 bits per heavy atom. The third kappa shape index (κ3) is 6.40. The van der Waals surface area contributed by atoms with Gasteiger partial charge in [0.2, 0.25) is 0 Å². The van der Waals surface area contributed by atoms with Crippen LogP contribution in [0.5, 0.6) is 11.5 Å². The Morgan fingerprint density at radius 3 is 2.32 bits per heavy atom. The van der Waals surface area contributed by atoms with Crippen LogP contribution in [0.3, 0.4) is 0 Å². The van der Waals surface area contributed by atoms with Crippen molar-refractivity contribution in [3.63, 3.8) is 0 Å². The van der Waals surface area contributed by atoms with E-state index >= 15 is 0 Å². The third-order valence-corrected chi connectivity index (χ3v) is 4.15. The molecule has 2 aromatic rings. The predicted octanol–water partition coefficient (Wildman–Crippen LogP) is 3.65. The quantitative estimate of drug-likeness (QED) is 0.754. The second-order valence-electron chi connectivity index (χ2n) is 6.65. The molecule has 0 aromatic heterocycles. The lowest BCUT2D eigenvalue weighted by Crippen LogP contribution is -2.39. The van der Waals surface area contributed by atoms with Crippen molar-refractivity contribution < 1.29 is 14.6 Å². The van der Waals surface area contributed by atoms with Gasteiger partial charge in [-0.1, -0.05) is 29.8 Å². The molecule has 0 radical (unpaired) electrons. The summed E-state index contributed by atoms with van der Waals surface area (Å²) >= 11 is 0. The van der Waals surface area contributed by atoms with Gasteiger partial charge in [0, 0.05) is 19.1 Å². The summed E-state index contributed by atoms with van der Waals surface area (Å²) in [4.78, 5) is 2.26. The van der Waals surface area contributed by atoms with Gasteiger partial charge in [0.05, 0.1) is 7.11 Å². The molecule has 0 fully saturated rings. The molecule has 0 unspecified atom stereocenters. The molecule has 4 heteroatoms. The van der Waals surface area contributed by atoms with Crippen LogP contribution in [0.25, 0.3) is 0 Å². The summed E-state index contributed by atoms with van der Waals surface area (Å²) in [7, 11) is 1.63. The molecular weight excluding hydrogens is 314 g/mol. The van der Waals surface area contributed by atoms with Crippen molar-refractivity contribution in [1.82, 2.24) is 4.90 Å². The van der Waals surface area contributed by atoms with E-state index < -0.39 is 6.10 Å². The lowest BCUT2D eigenvalue weighted by Gasteiger charge is -2.29. The predicted molar refractivity (Wildman–Crippen MR) is 101 cm³/mol. The summed E-state index contributed by atoms with van der Waals surface area (Å²) < 4.78 is 10.8. The Balaban J connectivity index is 1.87. The van der Waals surface area contributed by atoms with Gasteiger partial charge < -0.3 is 14.6 Å². The average Bonchev–Trinajstić information content (AvgIpc) is 2.60. The van der Waals surface area contributed by atoms with Gasteiger partial charge in [0.15, 0.2) is 0 Å². The highest BCUT2D eigenvalue weighted by Gasteiger charge is 2.16. The molecule has 136 valence electrons. The van der Waals surface area contributed by atoms with Crippen molar-refractivity contribution in [2.24, 2.45) is 0 Å². The van der Waals surface area contributed by atoms with Crippen molar-refractivity contribution in [2.45, 2.75) is 39.5 Å². The molecule has 1 atom stereocenters. The first-order chi connectivity index (χ1) is 12.0. The van der Waals surface area contributed by atoms with Gasteiger partial charge in [-0.2, -0.15) is 0 Å². The molecule has 25 heavy (non-hydrogen) atoms. The fourth-order valence-corrected chi connectivity index (χ4v) is 2.69. The number of ether oxygens (including phenoxy) is 2. The number of aliphatic hydroxyl groups excluding tert-OH is 1. The third-order valence-electron chi connectivity index (χ3n) is 4.15. The van der Waals surface area contributed by atoms with Crippen molar-refractivity contribution in [1.29, 1.82) is 0 Å². The molecule has 0 aliphatic carbocycles. The van der Waals surface area contributed by atoms with Crippen LogP contribution in [0.4, 0.5) is 0 Å². The van der Waals surface area contributed by atoms with Crippen molar-refractivity contribution in [3.05, 3.63) is 59.7 Å². The molecule has 0 spiro atoms. The number of hydrogen-bond donors (Lipinski definition) is 1. The van der Waals surface area contributed by atoms with E-state index in [4.69, 9.17) is 9.47 Å². The normalized spacial score (nSPS) is 12.4. The topological polar surface area (TPSA) is 41.9 Å². The molecule has 1 N–H and O–H groups in total. The standard InChI is InChI=1S/C21H29NO3/c1-16(2)22(13-18-7-5-6-17(3)12-18)14-19(23)15-25-21-10-8-20(24-4)9-11-21/h5-12,16,19,23H,13-15H2,1-4H3/t19-/m1/s1. The summed E-state index contributed by atoms with van der Waals surface area (Å²) in [6.45, 7) is 8.05. The lowest BCUT2D eigenvalue weighted by atomic mass is 10.1. The van der Waals surface area contributed by atoms with Gasteiger partial charge in [-0.25, -0.2) is 0 Å². The second kappa shape index (κ2) is 9.44. The fourth-order valence-electron chi connectivity index (χ4n) is 2.69. The number of rotatable bonds is 9. The fraction of sp³-hybridized carbons (Fsp3) is 0.429. The molecule has 0 saturated heterocycles. The van der Waals surface area contributed by atoms with Crippen molar-refractivity contribution in [3.8, 4) is 11.5 Å². The summed E-state index contributed by atoms with van der Waals surface area (Å²) in [5.41, 5.74) is 2.52. The Morgan fingerprint density at radius 2 is 1.72 bits per heavy atom. The summed E-state index contributed by atoms with van der Waals surface area (Å²) in [5, 5.41) is 10.4. The molecule has 4 nitrogen and oxygen atoms in total. The molecule has 0 bridgehead atoms. The maximum absolute atomic E-state index is 10.4. The second-order valence-corrected chi connectivity index (χ2v) is 6.65. The van der Waals surface area contributed by atoms with Gasteiger partial charge in [-0.3, -0.25) is 4.90 Å². The minimum atomic E-state index is -0.547. The molecule has 2 aromatic carbocycles. The zero-order valence-corrected chi connectivity index (χ0v) is 15.6. The van der Waals surface area contributed by atoms with Crippen molar-refractivity contribution >= 4 is 0 Å². The zero-order chi connectivity index (χ0) is 18.2. The SMILES string of the molecule is COc1ccc(OC[C@H](O)CN(Cc2cccc(C)c2)C(C)C)cc1.